The number of carbonyl (C=O) groups excluding carboxylic acids is 1. The van der Waals surface area contributed by atoms with Gasteiger partial charge in [0.05, 0.1) is 5.56 Å². The van der Waals surface area contributed by atoms with E-state index in [1.807, 2.05) is 39.0 Å². The average molecular weight is 269 g/mol. The number of benzene rings is 1. The van der Waals surface area contributed by atoms with Gasteiger partial charge in [0.15, 0.2) is 5.78 Å². The van der Waals surface area contributed by atoms with E-state index in [2.05, 4.69) is 15.9 Å². The SMILES string of the molecule is Cc1ccc2c(c1)OC(C)(C)C(Br)C2=O. The quantitative estimate of drug-likeness (QED) is 0.676. The van der Waals surface area contributed by atoms with Gasteiger partial charge in [-0.3, -0.25) is 4.79 Å². The molecule has 0 fully saturated rings. The van der Waals surface area contributed by atoms with E-state index in [1.165, 1.54) is 0 Å². The highest BCUT2D eigenvalue weighted by Crippen LogP contribution is 2.36. The molecule has 0 N–H and O–H groups in total. The number of alkyl halides is 1. The Bertz CT molecular complexity index is 424. The summed E-state index contributed by atoms with van der Waals surface area (Å²) >= 11 is 3.39. The van der Waals surface area contributed by atoms with Crippen LogP contribution in [-0.2, 0) is 0 Å². The molecular formula is C12H13BrO2. The summed E-state index contributed by atoms with van der Waals surface area (Å²) in [6, 6.07) is 5.67. The lowest BCUT2D eigenvalue weighted by atomic mass is 9.92. The van der Waals surface area contributed by atoms with E-state index in [-0.39, 0.29) is 10.6 Å². The topological polar surface area (TPSA) is 26.3 Å². The van der Waals surface area contributed by atoms with Crippen LogP contribution in [-0.4, -0.2) is 16.2 Å². The summed E-state index contributed by atoms with van der Waals surface area (Å²) in [5.74, 6) is 0.793. The van der Waals surface area contributed by atoms with E-state index in [4.69, 9.17) is 4.74 Å². The second kappa shape index (κ2) is 3.34. The van der Waals surface area contributed by atoms with Crippen molar-refractivity contribution < 1.29 is 9.53 Å². The third-order valence-corrected chi connectivity index (χ3v) is 4.13. The van der Waals surface area contributed by atoms with E-state index in [9.17, 15) is 4.79 Å². The first-order chi connectivity index (χ1) is 6.92. The number of aryl methyl sites for hydroxylation is 1. The number of Topliss-reactive ketones (excluding diaryl/α,β-unsaturated/α-hetero) is 1. The minimum Gasteiger partial charge on any atom is -0.485 e. The van der Waals surface area contributed by atoms with Crippen LogP contribution in [0.4, 0.5) is 0 Å². The molecule has 0 amide bonds. The van der Waals surface area contributed by atoms with Crippen molar-refractivity contribution in [3.8, 4) is 5.75 Å². The Morgan fingerprint density at radius 1 is 1.40 bits per heavy atom. The zero-order chi connectivity index (χ0) is 11.2. The van der Waals surface area contributed by atoms with Crippen LogP contribution < -0.4 is 4.74 Å². The number of ketones is 1. The first-order valence-corrected chi connectivity index (χ1v) is 5.81. The first kappa shape index (κ1) is 10.7. The number of rotatable bonds is 0. The van der Waals surface area contributed by atoms with Gasteiger partial charge in [0.25, 0.3) is 0 Å². The highest BCUT2D eigenvalue weighted by Gasteiger charge is 2.41. The van der Waals surface area contributed by atoms with Crippen LogP contribution in [0.5, 0.6) is 5.75 Å². The summed E-state index contributed by atoms with van der Waals surface area (Å²) in [7, 11) is 0. The lowest BCUT2D eigenvalue weighted by molar-refractivity contribution is 0.0668. The van der Waals surface area contributed by atoms with Crippen LogP contribution >= 0.6 is 15.9 Å². The van der Waals surface area contributed by atoms with Crippen LogP contribution in [0.15, 0.2) is 18.2 Å². The molecule has 1 unspecified atom stereocenters. The van der Waals surface area contributed by atoms with Crippen molar-refractivity contribution >= 4 is 21.7 Å². The molecule has 2 nitrogen and oxygen atoms in total. The van der Waals surface area contributed by atoms with E-state index in [0.29, 0.717) is 11.3 Å². The summed E-state index contributed by atoms with van der Waals surface area (Å²) in [6.07, 6.45) is 0. The second-order valence-corrected chi connectivity index (χ2v) is 5.35. The normalized spacial score (nSPS) is 23.2. The van der Waals surface area contributed by atoms with Gasteiger partial charge < -0.3 is 4.74 Å². The van der Waals surface area contributed by atoms with Crippen molar-refractivity contribution in [3.05, 3.63) is 29.3 Å². The minimum atomic E-state index is -0.488. The number of halogens is 1. The smallest absolute Gasteiger partial charge is 0.184 e. The van der Waals surface area contributed by atoms with Crippen LogP contribution in [0.3, 0.4) is 0 Å². The minimum absolute atomic E-state index is 0.0984. The number of ether oxygens (including phenoxy) is 1. The van der Waals surface area contributed by atoms with E-state index >= 15 is 0 Å². The Balaban J connectivity index is 2.55. The van der Waals surface area contributed by atoms with Gasteiger partial charge in [0.2, 0.25) is 0 Å². The van der Waals surface area contributed by atoms with Gasteiger partial charge in [-0.1, -0.05) is 22.0 Å². The maximum absolute atomic E-state index is 12.0. The van der Waals surface area contributed by atoms with Gasteiger partial charge in [0, 0.05) is 0 Å². The van der Waals surface area contributed by atoms with Crippen LogP contribution in [0.2, 0.25) is 0 Å². The molecule has 0 bridgehead atoms. The summed E-state index contributed by atoms with van der Waals surface area (Å²) in [6.45, 7) is 5.81. The molecule has 3 heteroatoms. The predicted octanol–water partition coefficient (Wildman–Crippen LogP) is 3.11. The van der Waals surface area contributed by atoms with Crippen molar-refractivity contribution in [2.45, 2.75) is 31.2 Å². The lowest BCUT2D eigenvalue weighted by Gasteiger charge is -2.35. The molecule has 80 valence electrons. The van der Waals surface area contributed by atoms with E-state index in [0.717, 1.165) is 5.56 Å². The van der Waals surface area contributed by atoms with Crippen molar-refractivity contribution in [1.82, 2.24) is 0 Å². The fourth-order valence-corrected chi connectivity index (χ4v) is 2.05. The van der Waals surface area contributed by atoms with Crippen molar-refractivity contribution in [3.63, 3.8) is 0 Å². The number of fused-ring (bicyclic) bond motifs is 1. The number of hydrogen-bond acceptors (Lipinski definition) is 2. The number of carbonyl (C=O) groups is 1. The third-order valence-electron chi connectivity index (χ3n) is 2.62. The van der Waals surface area contributed by atoms with Crippen molar-refractivity contribution in [2.75, 3.05) is 0 Å². The molecule has 1 heterocycles. The van der Waals surface area contributed by atoms with E-state index in [1.54, 1.807) is 0 Å². The molecule has 0 saturated heterocycles. The zero-order valence-corrected chi connectivity index (χ0v) is 10.6. The molecule has 0 radical (unpaired) electrons. The first-order valence-electron chi connectivity index (χ1n) is 4.90. The molecule has 1 aliphatic rings. The van der Waals surface area contributed by atoms with Gasteiger partial charge in [0.1, 0.15) is 16.2 Å². The summed E-state index contributed by atoms with van der Waals surface area (Å²) in [5.41, 5.74) is 1.28. The van der Waals surface area contributed by atoms with Gasteiger partial charge >= 0.3 is 0 Å². The monoisotopic (exact) mass is 268 g/mol. The fourth-order valence-electron chi connectivity index (χ4n) is 1.70. The highest BCUT2D eigenvalue weighted by molar-refractivity contribution is 9.10. The zero-order valence-electron chi connectivity index (χ0n) is 9.00. The molecule has 0 saturated carbocycles. The number of hydrogen-bond donors (Lipinski definition) is 0. The van der Waals surface area contributed by atoms with Gasteiger partial charge in [-0.05, 0) is 38.5 Å². The molecule has 15 heavy (non-hydrogen) atoms. The van der Waals surface area contributed by atoms with Gasteiger partial charge in [-0.2, -0.15) is 0 Å². The standard InChI is InChI=1S/C12H13BrO2/c1-7-4-5-8-9(6-7)15-12(2,3)11(13)10(8)14/h4-6,11H,1-3H3. The van der Waals surface area contributed by atoms with Crippen LogP contribution in [0.1, 0.15) is 29.8 Å². The molecule has 1 atom stereocenters. The average Bonchev–Trinajstić information content (AvgIpc) is 2.13. The predicted molar refractivity (Wildman–Crippen MR) is 62.9 cm³/mol. The largest absolute Gasteiger partial charge is 0.485 e. The second-order valence-electron chi connectivity index (χ2n) is 4.43. The molecule has 0 aliphatic carbocycles. The maximum atomic E-state index is 12.0. The molecule has 1 aromatic rings. The van der Waals surface area contributed by atoms with Crippen molar-refractivity contribution in [1.29, 1.82) is 0 Å². The van der Waals surface area contributed by atoms with Crippen LogP contribution in [0, 0.1) is 6.92 Å². The summed E-state index contributed by atoms with van der Waals surface area (Å²) in [5, 5.41) is 0. The van der Waals surface area contributed by atoms with E-state index < -0.39 is 5.60 Å². The van der Waals surface area contributed by atoms with Gasteiger partial charge in [-0.25, -0.2) is 0 Å². The molecule has 1 aliphatic heterocycles. The molecule has 1 aromatic carbocycles. The maximum Gasteiger partial charge on any atom is 0.184 e. The Morgan fingerprint density at radius 3 is 2.73 bits per heavy atom. The van der Waals surface area contributed by atoms with Crippen molar-refractivity contribution in [2.24, 2.45) is 0 Å². The summed E-state index contributed by atoms with van der Waals surface area (Å²) < 4.78 is 5.82. The highest BCUT2D eigenvalue weighted by atomic mass is 79.9. The Labute approximate surface area is 97.8 Å². The molecule has 0 spiro atoms. The molecule has 2 rings (SSSR count). The third kappa shape index (κ3) is 1.69. The van der Waals surface area contributed by atoms with Gasteiger partial charge in [-0.15, -0.1) is 0 Å². The lowest BCUT2D eigenvalue weighted by Crippen LogP contribution is -2.46. The Hall–Kier alpha value is -0.830. The fraction of sp³-hybridized carbons (Fsp3) is 0.417. The van der Waals surface area contributed by atoms with Crippen LogP contribution in [0.25, 0.3) is 0 Å². The Morgan fingerprint density at radius 2 is 2.07 bits per heavy atom. The summed E-state index contributed by atoms with van der Waals surface area (Å²) in [4.78, 5) is 11.7. The Kier molecular flexibility index (Phi) is 2.38. The molecule has 0 aromatic heterocycles. The molecular weight excluding hydrogens is 256 g/mol.